The number of aromatic nitrogens is 1. The van der Waals surface area contributed by atoms with Crippen molar-refractivity contribution in [3.63, 3.8) is 0 Å². The van der Waals surface area contributed by atoms with E-state index in [1.165, 1.54) is 0 Å². The maximum atomic E-state index is 12.9. The topological polar surface area (TPSA) is 107 Å². The number of benzene rings is 1. The number of carbonyl (C=O) groups excluding carboxylic acids is 3. The molecule has 0 radical (unpaired) electrons. The van der Waals surface area contributed by atoms with E-state index in [4.69, 9.17) is 9.47 Å². The molecule has 2 saturated heterocycles. The molecule has 1 unspecified atom stereocenters. The molecular formula is C32H41N3O6. The van der Waals surface area contributed by atoms with Gasteiger partial charge in [0.25, 0.3) is 5.56 Å². The minimum absolute atomic E-state index is 0.00424. The second-order valence-corrected chi connectivity index (χ2v) is 12.7. The Hall–Kier alpha value is -3.62. The Morgan fingerprint density at radius 2 is 1.78 bits per heavy atom. The molecular weight excluding hydrogens is 522 g/mol. The standard InChI is InChI=1S/C32H41N3O6/c1-31(2,3)41-30(39)35-21-24(20-32(35)14-15-32)23-13-17-34(28(37)19-23)16-5-4-6-18-40-25-9-7-22(8-10-25)26-11-12-27(36)33-29(26)38/h7-10,13,17,19,24,26H,4-6,11-12,14-16,18,20-21H2,1-3H3,(H,33,36,38)/t24-,26?/m0/s1. The smallest absolute Gasteiger partial charge is 0.410 e. The lowest BCUT2D eigenvalue weighted by molar-refractivity contribution is -0.134. The van der Waals surface area contributed by atoms with Crippen LogP contribution in [0, 0.1) is 0 Å². The molecule has 220 valence electrons. The van der Waals surface area contributed by atoms with Gasteiger partial charge in [-0.15, -0.1) is 0 Å². The molecule has 2 aromatic rings. The second kappa shape index (κ2) is 11.7. The van der Waals surface area contributed by atoms with Gasteiger partial charge in [-0.3, -0.25) is 19.7 Å². The monoisotopic (exact) mass is 563 g/mol. The molecule has 9 nitrogen and oxygen atoms in total. The van der Waals surface area contributed by atoms with Crippen molar-refractivity contribution in [2.75, 3.05) is 13.2 Å². The number of likely N-dealkylation sites (tertiary alicyclic amines) is 1. The van der Waals surface area contributed by atoms with Gasteiger partial charge in [-0.2, -0.15) is 0 Å². The van der Waals surface area contributed by atoms with E-state index in [0.717, 1.165) is 55.4 Å². The number of unbranched alkanes of at least 4 members (excludes halogenated alkanes) is 2. The van der Waals surface area contributed by atoms with Crippen LogP contribution >= 0.6 is 0 Å². The molecule has 5 rings (SSSR count). The average Bonchev–Trinajstić information content (AvgIpc) is 3.57. The van der Waals surface area contributed by atoms with Gasteiger partial charge >= 0.3 is 6.09 Å². The summed E-state index contributed by atoms with van der Waals surface area (Å²) < 4.78 is 13.3. The lowest BCUT2D eigenvalue weighted by Gasteiger charge is -2.28. The molecule has 41 heavy (non-hydrogen) atoms. The number of piperidine rings is 1. The number of nitrogens with one attached hydrogen (secondary N) is 1. The minimum Gasteiger partial charge on any atom is -0.494 e. The van der Waals surface area contributed by atoms with Crippen molar-refractivity contribution in [3.05, 3.63) is 64.1 Å². The van der Waals surface area contributed by atoms with Crippen LogP contribution in [0.15, 0.2) is 47.4 Å². The van der Waals surface area contributed by atoms with Gasteiger partial charge in [-0.05, 0) is 95.0 Å². The van der Waals surface area contributed by atoms with E-state index >= 15 is 0 Å². The molecule has 3 heterocycles. The van der Waals surface area contributed by atoms with Crippen LogP contribution in [0.3, 0.4) is 0 Å². The number of hydrogen-bond donors (Lipinski definition) is 1. The van der Waals surface area contributed by atoms with E-state index in [0.29, 0.717) is 32.5 Å². The van der Waals surface area contributed by atoms with Gasteiger partial charge in [0.2, 0.25) is 11.8 Å². The summed E-state index contributed by atoms with van der Waals surface area (Å²) in [7, 11) is 0. The van der Waals surface area contributed by atoms with Crippen LogP contribution in [0.2, 0.25) is 0 Å². The average molecular weight is 564 g/mol. The molecule has 1 spiro atoms. The quantitative estimate of drug-likeness (QED) is 0.345. The summed E-state index contributed by atoms with van der Waals surface area (Å²) in [6.07, 6.45) is 8.07. The maximum Gasteiger partial charge on any atom is 0.410 e. The van der Waals surface area contributed by atoms with Crippen molar-refractivity contribution in [2.24, 2.45) is 0 Å². The Morgan fingerprint density at radius 3 is 2.44 bits per heavy atom. The highest BCUT2D eigenvalue weighted by Crippen LogP contribution is 2.54. The molecule has 1 aromatic heterocycles. The molecule has 9 heteroatoms. The zero-order valence-electron chi connectivity index (χ0n) is 24.3. The number of pyridine rings is 1. The Bertz CT molecular complexity index is 1340. The largest absolute Gasteiger partial charge is 0.494 e. The van der Waals surface area contributed by atoms with Gasteiger partial charge in [-0.1, -0.05) is 12.1 Å². The molecule has 2 aliphatic heterocycles. The van der Waals surface area contributed by atoms with Crippen LogP contribution in [-0.2, 0) is 20.9 Å². The fourth-order valence-corrected chi connectivity index (χ4v) is 5.99. The zero-order chi connectivity index (χ0) is 29.2. The Balaban J connectivity index is 1.04. The van der Waals surface area contributed by atoms with Crippen molar-refractivity contribution < 1.29 is 23.9 Å². The third-order valence-electron chi connectivity index (χ3n) is 8.37. The van der Waals surface area contributed by atoms with Gasteiger partial charge in [-0.25, -0.2) is 4.79 Å². The van der Waals surface area contributed by atoms with Crippen molar-refractivity contribution in [1.82, 2.24) is 14.8 Å². The summed E-state index contributed by atoms with van der Waals surface area (Å²) in [5.41, 5.74) is 1.26. The molecule has 3 aliphatic rings. The molecule has 3 amide bonds. The van der Waals surface area contributed by atoms with E-state index in [1.807, 2.05) is 62.2 Å². The maximum absolute atomic E-state index is 12.9. The van der Waals surface area contributed by atoms with Gasteiger partial charge in [0.05, 0.1) is 12.5 Å². The van der Waals surface area contributed by atoms with E-state index in [1.54, 1.807) is 10.6 Å². The fourth-order valence-electron chi connectivity index (χ4n) is 5.99. The van der Waals surface area contributed by atoms with Crippen molar-refractivity contribution in [1.29, 1.82) is 0 Å². The molecule has 0 bridgehead atoms. The predicted molar refractivity (Wildman–Crippen MR) is 154 cm³/mol. The van der Waals surface area contributed by atoms with Gasteiger partial charge in [0.1, 0.15) is 11.4 Å². The first-order chi connectivity index (χ1) is 19.5. The zero-order valence-corrected chi connectivity index (χ0v) is 24.3. The number of rotatable bonds is 9. The van der Waals surface area contributed by atoms with Gasteiger partial charge in [0.15, 0.2) is 0 Å². The van der Waals surface area contributed by atoms with Crippen LogP contribution in [0.25, 0.3) is 0 Å². The fraction of sp³-hybridized carbons (Fsp3) is 0.562. The van der Waals surface area contributed by atoms with Crippen LogP contribution in [0.4, 0.5) is 4.79 Å². The summed E-state index contributed by atoms with van der Waals surface area (Å²) in [6, 6.07) is 11.3. The van der Waals surface area contributed by atoms with Crippen molar-refractivity contribution >= 4 is 17.9 Å². The molecule has 1 N–H and O–H groups in total. The number of ether oxygens (including phenoxy) is 2. The third kappa shape index (κ3) is 7.00. The summed E-state index contributed by atoms with van der Waals surface area (Å²) in [5.74, 6) is 0.162. The molecule has 1 aliphatic carbocycles. The van der Waals surface area contributed by atoms with Crippen LogP contribution in [0.5, 0.6) is 5.75 Å². The number of aryl methyl sites for hydroxylation is 1. The van der Waals surface area contributed by atoms with E-state index in [9.17, 15) is 19.2 Å². The summed E-state index contributed by atoms with van der Waals surface area (Å²) >= 11 is 0. The Labute approximate surface area is 241 Å². The van der Waals surface area contributed by atoms with Gasteiger partial charge in [0, 0.05) is 43.2 Å². The van der Waals surface area contributed by atoms with Crippen molar-refractivity contribution in [2.45, 2.75) is 102 Å². The molecule has 2 atom stereocenters. The van der Waals surface area contributed by atoms with E-state index in [2.05, 4.69) is 5.32 Å². The first-order valence-electron chi connectivity index (χ1n) is 14.8. The molecule has 1 saturated carbocycles. The number of amides is 3. The number of hydrogen-bond acceptors (Lipinski definition) is 6. The number of carbonyl (C=O) groups is 3. The summed E-state index contributed by atoms with van der Waals surface area (Å²) in [4.78, 5) is 50.9. The lowest BCUT2D eigenvalue weighted by Crippen LogP contribution is -2.41. The van der Waals surface area contributed by atoms with Crippen LogP contribution < -0.4 is 15.6 Å². The van der Waals surface area contributed by atoms with Crippen LogP contribution in [-0.4, -0.2) is 51.7 Å². The third-order valence-corrected chi connectivity index (χ3v) is 8.37. The minimum atomic E-state index is -0.525. The van der Waals surface area contributed by atoms with Crippen LogP contribution in [0.1, 0.15) is 95.1 Å². The highest BCUT2D eigenvalue weighted by atomic mass is 16.6. The number of imide groups is 1. The first-order valence-corrected chi connectivity index (χ1v) is 14.8. The summed E-state index contributed by atoms with van der Waals surface area (Å²) in [6.45, 7) is 7.47. The lowest BCUT2D eigenvalue weighted by atomic mass is 9.90. The Kier molecular flexibility index (Phi) is 8.25. The normalized spacial score (nSPS) is 21.6. The predicted octanol–water partition coefficient (Wildman–Crippen LogP) is 4.87. The SMILES string of the molecule is CC(C)(C)OC(=O)N1C[C@@H](c2ccn(CCCCCOc3ccc(C4CCC(=O)NC4=O)cc3)c(=O)c2)CC12CC2. The van der Waals surface area contributed by atoms with Crippen molar-refractivity contribution in [3.8, 4) is 5.75 Å². The Morgan fingerprint density at radius 1 is 1.02 bits per heavy atom. The molecule has 1 aromatic carbocycles. The number of nitrogens with zero attached hydrogens (tertiary/aromatic N) is 2. The van der Waals surface area contributed by atoms with E-state index < -0.39 is 5.60 Å². The van der Waals surface area contributed by atoms with Gasteiger partial charge < -0.3 is 18.9 Å². The molecule has 3 fully saturated rings. The highest BCUT2D eigenvalue weighted by Gasteiger charge is 2.57. The first kappa shape index (κ1) is 28.9. The second-order valence-electron chi connectivity index (χ2n) is 12.7. The highest BCUT2D eigenvalue weighted by molar-refractivity contribution is 6.00. The summed E-state index contributed by atoms with van der Waals surface area (Å²) in [5, 5.41) is 2.40. The van der Waals surface area contributed by atoms with E-state index in [-0.39, 0.29) is 40.8 Å².